The van der Waals surface area contributed by atoms with Gasteiger partial charge < -0.3 is 19.7 Å². The summed E-state index contributed by atoms with van der Waals surface area (Å²) in [5.41, 5.74) is 2.70. The van der Waals surface area contributed by atoms with E-state index < -0.39 is 6.04 Å². The SMILES string of the molecule is Cc1ccc([C@@H](C(=O)NC2CCCCCC2)N(Cc2ccc3c(c2)OCO3)C(=O)CCl)cc1. The average Bonchev–Trinajstić information content (AvgIpc) is 3.14. The molecule has 176 valence electrons. The average molecular weight is 471 g/mol. The molecule has 33 heavy (non-hydrogen) atoms. The second kappa shape index (κ2) is 10.9. The Kier molecular flexibility index (Phi) is 7.76. The Labute approximate surface area is 200 Å². The molecule has 1 heterocycles. The molecule has 0 unspecified atom stereocenters. The van der Waals surface area contributed by atoms with Crippen LogP contribution in [0, 0.1) is 6.92 Å². The van der Waals surface area contributed by atoms with E-state index in [0.29, 0.717) is 11.5 Å². The lowest BCUT2D eigenvalue weighted by Gasteiger charge is -2.32. The maximum atomic E-state index is 13.7. The summed E-state index contributed by atoms with van der Waals surface area (Å²) in [5.74, 6) is 0.653. The number of ether oxygens (including phenoxy) is 2. The zero-order valence-corrected chi connectivity index (χ0v) is 19.8. The minimum Gasteiger partial charge on any atom is -0.454 e. The summed E-state index contributed by atoms with van der Waals surface area (Å²) < 4.78 is 10.9. The number of carbonyl (C=O) groups is 2. The van der Waals surface area contributed by atoms with Crippen molar-refractivity contribution in [1.29, 1.82) is 0 Å². The van der Waals surface area contributed by atoms with Crippen molar-refractivity contribution < 1.29 is 19.1 Å². The number of halogens is 1. The van der Waals surface area contributed by atoms with E-state index in [-0.39, 0.29) is 37.1 Å². The van der Waals surface area contributed by atoms with Crippen molar-refractivity contribution in [2.45, 2.75) is 64.1 Å². The van der Waals surface area contributed by atoms with Gasteiger partial charge in [0.25, 0.3) is 0 Å². The summed E-state index contributed by atoms with van der Waals surface area (Å²) in [5, 5.41) is 3.24. The number of aryl methyl sites for hydroxylation is 1. The van der Waals surface area contributed by atoms with Gasteiger partial charge in [0.2, 0.25) is 18.6 Å². The van der Waals surface area contributed by atoms with Crippen LogP contribution in [0.1, 0.15) is 61.3 Å². The maximum Gasteiger partial charge on any atom is 0.247 e. The number of carbonyl (C=O) groups excluding carboxylic acids is 2. The molecule has 2 aromatic carbocycles. The molecule has 1 atom stereocenters. The molecule has 7 heteroatoms. The predicted molar refractivity (Wildman–Crippen MR) is 127 cm³/mol. The number of hydrogen-bond donors (Lipinski definition) is 1. The molecule has 0 bridgehead atoms. The van der Waals surface area contributed by atoms with E-state index in [1.165, 1.54) is 12.8 Å². The number of nitrogens with one attached hydrogen (secondary N) is 1. The highest BCUT2D eigenvalue weighted by molar-refractivity contribution is 6.27. The first-order chi connectivity index (χ1) is 16.0. The molecule has 1 saturated carbocycles. The zero-order chi connectivity index (χ0) is 23.2. The van der Waals surface area contributed by atoms with Crippen LogP contribution in [-0.2, 0) is 16.1 Å². The van der Waals surface area contributed by atoms with Crippen LogP contribution in [0.3, 0.4) is 0 Å². The van der Waals surface area contributed by atoms with Crippen LogP contribution >= 0.6 is 11.6 Å². The topological polar surface area (TPSA) is 67.9 Å². The standard InChI is InChI=1S/C26H31ClN2O4/c1-18-8-11-20(12-9-18)25(26(31)28-21-6-4-2-3-5-7-21)29(24(30)15-27)16-19-10-13-22-23(14-19)33-17-32-22/h8-14,21,25H,2-7,15-17H2,1H3,(H,28,31)/t25-/m0/s1. The van der Waals surface area contributed by atoms with E-state index in [2.05, 4.69) is 5.32 Å². The van der Waals surface area contributed by atoms with Gasteiger partial charge in [-0.1, -0.05) is 61.6 Å². The first-order valence-electron chi connectivity index (χ1n) is 11.7. The lowest BCUT2D eigenvalue weighted by atomic mass is 10.00. The molecule has 1 aliphatic heterocycles. The van der Waals surface area contributed by atoms with Crippen LogP contribution in [0.5, 0.6) is 11.5 Å². The largest absolute Gasteiger partial charge is 0.454 e. The Bertz CT molecular complexity index is 971. The maximum absolute atomic E-state index is 13.7. The van der Waals surface area contributed by atoms with Crippen LogP contribution in [0.15, 0.2) is 42.5 Å². The Hall–Kier alpha value is -2.73. The molecule has 0 radical (unpaired) electrons. The summed E-state index contributed by atoms with van der Waals surface area (Å²) >= 11 is 6.01. The lowest BCUT2D eigenvalue weighted by molar-refractivity contribution is -0.140. The van der Waals surface area contributed by atoms with Crippen molar-refractivity contribution in [2.24, 2.45) is 0 Å². The summed E-state index contributed by atoms with van der Waals surface area (Å²) in [4.78, 5) is 28.3. The van der Waals surface area contributed by atoms with Crippen molar-refractivity contribution in [1.82, 2.24) is 10.2 Å². The minimum absolute atomic E-state index is 0.131. The van der Waals surface area contributed by atoms with Gasteiger partial charge in [-0.05, 0) is 43.0 Å². The second-order valence-electron chi connectivity index (χ2n) is 8.85. The van der Waals surface area contributed by atoms with Gasteiger partial charge in [0, 0.05) is 12.6 Å². The van der Waals surface area contributed by atoms with Crippen LogP contribution in [0.25, 0.3) is 0 Å². The third-order valence-corrected chi connectivity index (χ3v) is 6.61. The highest BCUT2D eigenvalue weighted by Crippen LogP contribution is 2.34. The monoisotopic (exact) mass is 470 g/mol. The molecule has 1 fully saturated rings. The number of fused-ring (bicyclic) bond motifs is 1. The Morgan fingerprint density at radius 3 is 2.42 bits per heavy atom. The van der Waals surface area contributed by atoms with Gasteiger partial charge >= 0.3 is 0 Å². The fourth-order valence-corrected chi connectivity index (χ4v) is 4.72. The van der Waals surface area contributed by atoms with Gasteiger partial charge in [-0.25, -0.2) is 0 Å². The molecule has 0 spiro atoms. The number of benzene rings is 2. The molecule has 0 saturated heterocycles. The lowest BCUT2D eigenvalue weighted by Crippen LogP contribution is -2.46. The molecular weight excluding hydrogens is 440 g/mol. The van der Waals surface area contributed by atoms with Gasteiger partial charge in [0.1, 0.15) is 11.9 Å². The third-order valence-electron chi connectivity index (χ3n) is 6.38. The van der Waals surface area contributed by atoms with Crippen LogP contribution in [0.2, 0.25) is 0 Å². The molecule has 1 aliphatic carbocycles. The highest BCUT2D eigenvalue weighted by Gasteiger charge is 2.32. The normalized spacial score (nSPS) is 16.7. The summed E-state index contributed by atoms with van der Waals surface area (Å²) in [6, 6.07) is 12.7. The Balaban J connectivity index is 1.64. The Morgan fingerprint density at radius 1 is 1.03 bits per heavy atom. The minimum atomic E-state index is -0.773. The third kappa shape index (κ3) is 5.80. The molecule has 2 amide bonds. The molecule has 6 nitrogen and oxygen atoms in total. The molecule has 2 aromatic rings. The zero-order valence-electron chi connectivity index (χ0n) is 19.0. The van der Waals surface area contributed by atoms with E-state index >= 15 is 0 Å². The van der Waals surface area contributed by atoms with Crippen molar-refractivity contribution in [2.75, 3.05) is 12.7 Å². The van der Waals surface area contributed by atoms with Crippen LogP contribution in [-0.4, -0.2) is 35.4 Å². The smallest absolute Gasteiger partial charge is 0.247 e. The number of nitrogens with zero attached hydrogens (tertiary/aromatic N) is 1. The predicted octanol–water partition coefficient (Wildman–Crippen LogP) is 4.87. The van der Waals surface area contributed by atoms with Crippen molar-refractivity contribution >= 4 is 23.4 Å². The summed E-state index contributed by atoms with van der Waals surface area (Å²) in [7, 11) is 0. The fourth-order valence-electron chi connectivity index (χ4n) is 4.56. The van der Waals surface area contributed by atoms with E-state index in [1.54, 1.807) is 4.90 Å². The highest BCUT2D eigenvalue weighted by atomic mass is 35.5. The fraction of sp³-hybridized carbons (Fsp3) is 0.462. The number of hydrogen-bond acceptors (Lipinski definition) is 4. The van der Waals surface area contributed by atoms with Crippen LogP contribution < -0.4 is 14.8 Å². The first kappa shape index (κ1) is 23.4. The molecule has 0 aromatic heterocycles. The quantitative estimate of drug-likeness (QED) is 0.463. The van der Waals surface area contributed by atoms with Gasteiger partial charge in [-0.2, -0.15) is 0 Å². The summed E-state index contributed by atoms with van der Waals surface area (Å²) in [6.45, 7) is 2.41. The summed E-state index contributed by atoms with van der Waals surface area (Å²) in [6.07, 6.45) is 6.57. The number of amides is 2. The first-order valence-corrected chi connectivity index (χ1v) is 12.2. The van der Waals surface area contributed by atoms with Gasteiger partial charge in [-0.3, -0.25) is 9.59 Å². The van der Waals surface area contributed by atoms with E-state index in [0.717, 1.165) is 42.4 Å². The van der Waals surface area contributed by atoms with Crippen molar-refractivity contribution in [3.63, 3.8) is 0 Å². The molecule has 2 aliphatic rings. The molecule has 4 rings (SSSR count). The van der Waals surface area contributed by atoms with Crippen molar-refractivity contribution in [3.8, 4) is 11.5 Å². The van der Waals surface area contributed by atoms with Crippen molar-refractivity contribution in [3.05, 3.63) is 59.2 Å². The Morgan fingerprint density at radius 2 is 1.73 bits per heavy atom. The van der Waals surface area contributed by atoms with E-state index in [9.17, 15) is 9.59 Å². The van der Waals surface area contributed by atoms with Crippen LogP contribution in [0.4, 0.5) is 0 Å². The van der Waals surface area contributed by atoms with Gasteiger partial charge in [0.15, 0.2) is 11.5 Å². The van der Waals surface area contributed by atoms with E-state index in [4.69, 9.17) is 21.1 Å². The van der Waals surface area contributed by atoms with E-state index in [1.807, 2.05) is 49.4 Å². The van der Waals surface area contributed by atoms with Gasteiger partial charge in [0.05, 0.1) is 0 Å². The number of rotatable bonds is 7. The molecular formula is C26H31ClN2O4. The second-order valence-corrected chi connectivity index (χ2v) is 9.12. The molecule has 1 N–H and O–H groups in total. The van der Waals surface area contributed by atoms with Gasteiger partial charge in [-0.15, -0.1) is 11.6 Å². The number of alkyl halides is 1.